The van der Waals surface area contributed by atoms with Gasteiger partial charge in [0.05, 0.1) is 10.6 Å². The molecule has 0 radical (unpaired) electrons. The largest absolute Gasteiger partial charge is 0.294 e. The lowest BCUT2D eigenvalue weighted by Crippen LogP contribution is -1.83. The van der Waals surface area contributed by atoms with Crippen LogP contribution >= 0.6 is 39.0 Å². The maximum atomic E-state index is 11.1. The van der Waals surface area contributed by atoms with Crippen molar-refractivity contribution < 1.29 is 4.79 Å². The molecule has 1 heterocycles. The van der Waals surface area contributed by atoms with Gasteiger partial charge < -0.3 is 0 Å². The third-order valence-electron chi connectivity index (χ3n) is 2.08. The summed E-state index contributed by atoms with van der Waals surface area (Å²) in [5.74, 6) is 0.891. The minimum atomic E-state index is 0.0855. The summed E-state index contributed by atoms with van der Waals surface area (Å²) in [6.45, 7) is 1.57. The first-order valence-electron chi connectivity index (χ1n) is 4.99. The Labute approximate surface area is 117 Å². The number of rotatable bonds is 4. The summed E-state index contributed by atoms with van der Waals surface area (Å²) in [5, 5.41) is 0.989. The predicted molar refractivity (Wildman–Crippen MR) is 75.8 cm³/mol. The number of benzene rings is 1. The molecule has 88 valence electrons. The number of aromatic nitrogens is 1. The van der Waals surface area contributed by atoms with Gasteiger partial charge in [0, 0.05) is 22.5 Å². The molecule has 0 aliphatic rings. The smallest absolute Gasteiger partial charge is 0.171 e. The average molecular weight is 328 g/mol. The number of thiazole rings is 1. The van der Waals surface area contributed by atoms with E-state index < -0.39 is 0 Å². The Bertz CT molecular complexity index is 522. The van der Waals surface area contributed by atoms with Crippen LogP contribution < -0.4 is 0 Å². The number of thioether (sulfide) groups is 1. The second kappa shape index (κ2) is 5.80. The molecule has 0 atom stereocenters. The second-order valence-corrected chi connectivity index (χ2v) is 6.50. The topological polar surface area (TPSA) is 30.0 Å². The van der Waals surface area contributed by atoms with Crippen molar-refractivity contribution in [1.82, 2.24) is 4.98 Å². The first-order valence-corrected chi connectivity index (χ1v) is 7.58. The molecular formula is C12H10BrNOS2. The highest BCUT2D eigenvalue weighted by Gasteiger charge is 2.06. The molecular weight excluding hydrogens is 318 g/mol. The monoisotopic (exact) mass is 327 g/mol. The highest BCUT2D eigenvalue weighted by atomic mass is 79.9. The molecule has 2 aromatic rings. The van der Waals surface area contributed by atoms with E-state index >= 15 is 0 Å². The SMILES string of the molecule is CC(=O)c1cnc(CSc2ccc(Br)cc2)s1. The summed E-state index contributed by atoms with van der Waals surface area (Å²) in [6, 6.07) is 8.17. The van der Waals surface area contributed by atoms with E-state index in [-0.39, 0.29) is 5.78 Å². The molecule has 0 aliphatic heterocycles. The highest BCUT2D eigenvalue weighted by Crippen LogP contribution is 2.26. The van der Waals surface area contributed by atoms with Gasteiger partial charge in [-0.2, -0.15) is 0 Å². The normalized spacial score (nSPS) is 10.5. The van der Waals surface area contributed by atoms with Crippen LogP contribution in [0.2, 0.25) is 0 Å². The number of hydrogen-bond acceptors (Lipinski definition) is 4. The van der Waals surface area contributed by atoms with Gasteiger partial charge in [0.1, 0.15) is 5.01 Å². The zero-order valence-electron chi connectivity index (χ0n) is 9.14. The van der Waals surface area contributed by atoms with Gasteiger partial charge in [-0.05, 0) is 24.3 Å². The van der Waals surface area contributed by atoms with E-state index in [4.69, 9.17) is 0 Å². The molecule has 0 bridgehead atoms. The van der Waals surface area contributed by atoms with Crippen LogP contribution in [0.5, 0.6) is 0 Å². The summed E-state index contributed by atoms with van der Waals surface area (Å²) in [7, 11) is 0. The quantitative estimate of drug-likeness (QED) is 0.615. The number of halogens is 1. The molecule has 1 aromatic heterocycles. The molecule has 5 heteroatoms. The fraction of sp³-hybridized carbons (Fsp3) is 0.167. The van der Waals surface area contributed by atoms with E-state index in [1.807, 2.05) is 12.1 Å². The fourth-order valence-corrected chi connectivity index (χ4v) is 3.19. The van der Waals surface area contributed by atoms with Gasteiger partial charge in [0.2, 0.25) is 0 Å². The van der Waals surface area contributed by atoms with Gasteiger partial charge in [0.15, 0.2) is 5.78 Å². The Kier molecular flexibility index (Phi) is 4.36. The van der Waals surface area contributed by atoms with Crippen molar-refractivity contribution >= 4 is 44.8 Å². The third-order valence-corrected chi connectivity index (χ3v) is 4.91. The number of hydrogen-bond donors (Lipinski definition) is 0. The average Bonchev–Trinajstić information content (AvgIpc) is 2.77. The molecule has 0 N–H and O–H groups in total. The van der Waals surface area contributed by atoms with Gasteiger partial charge >= 0.3 is 0 Å². The van der Waals surface area contributed by atoms with Crippen molar-refractivity contribution in [3.8, 4) is 0 Å². The number of nitrogens with zero attached hydrogens (tertiary/aromatic N) is 1. The maximum Gasteiger partial charge on any atom is 0.171 e. The van der Waals surface area contributed by atoms with Gasteiger partial charge in [-0.25, -0.2) is 4.98 Å². The minimum absolute atomic E-state index is 0.0855. The van der Waals surface area contributed by atoms with Crippen molar-refractivity contribution in [2.24, 2.45) is 0 Å². The molecule has 1 aromatic carbocycles. The van der Waals surface area contributed by atoms with Gasteiger partial charge in [-0.15, -0.1) is 23.1 Å². The minimum Gasteiger partial charge on any atom is -0.294 e. The van der Waals surface area contributed by atoms with E-state index in [0.29, 0.717) is 0 Å². The zero-order valence-corrected chi connectivity index (χ0v) is 12.4. The summed E-state index contributed by atoms with van der Waals surface area (Å²) in [4.78, 5) is 17.3. The van der Waals surface area contributed by atoms with E-state index in [0.717, 1.165) is 20.1 Å². The van der Waals surface area contributed by atoms with Crippen LogP contribution in [0.1, 0.15) is 21.6 Å². The predicted octanol–water partition coefficient (Wildman–Crippen LogP) is 4.40. The van der Waals surface area contributed by atoms with Crippen molar-refractivity contribution in [2.75, 3.05) is 0 Å². The molecule has 0 spiro atoms. The summed E-state index contributed by atoms with van der Waals surface area (Å²) in [6.07, 6.45) is 1.66. The van der Waals surface area contributed by atoms with Crippen LogP contribution in [0.3, 0.4) is 0 Å². The van der Waals surface area contributed by atoms with Crippen LogP contribution in [0.25, 0.3) is 0 Å². The van der Waals surface area contributed by atoms with Crippen molar-refractivity contribution in [3.05, 3.63) is 44.8 Å². The molecule has 0 saturated carbocycles. The highest BCUT2D eigenvalue weighted by molar-refractivity contribution is 9.10. The Balaban J connectivity index is 1.97. The van der Waals surface area contributed by atoms with Crippen molar-refractivity contribution in [1.29, 1.82) is 0 Å². The zero-order chi connectivity index (χ0) is 12.3. The molecule has 2 rings (SSSR count). The van der Waals surface area contributed by atoms with Crippen LogP contribution in [0.15, 0.2) is 39.8 Å². The van der Waals surface area contributed by atoms with E-state index in [1.165, 1.54) is 16.2 Å². The molecule has 0 aliphatic carbocycles. The van der Waals surface area contributed by atoms with Gasteiger partial charge in [0.25, 0.3) is 0 Å². The molecule has 17 heavy (non-hydrogen) atoms. The van der Waals surface area contributed by atoms with E-state index in [2.05, 4.69) is 33.0 Å². The summed E-state index contributed by atoms with van der Waals surface area (Å²) >= 11 is 6.60. The molecule has 0 fully saturated rings. The lowest BCUT2D eigenvalue weighted by atomic mass is 10.4. The lowest BCUT2D eigenvalue weighted by Gasteiger charge is -1.98. The van der Waals surface area contributed by atoms with Crippen LogP contribution in [-0.2, 0) is 5.75 Å². The molecule has 0 amide bonds. The third kappa shape index (κ3) is 3.66. The van der Waals surface area contributed by atoms with Gasteiger partial charge in [-0.3, -0.25) is 4.79 Å². The van der Waals surface area contributed by atoms with Crippen LogP contribution in [0, 0.1) is 0 Å². The van der Waals surface area contributed by atoms with E-state index in [9.17, 15) is 4.79 Å². The van der Waals surface area contributed by atoms with Gasteiger partial charge in [-0.1, -0.05) is 15.9 Å². The number of ketones is 1. The molecule has 0 unspecified atom stereocenters. The first-order chi connectivity index (χ1) is 8.15. The van der Waals surface area contributed by atoms with Crippen molar-refractivity contribution in [3.63, 3.8) is 0 Å². The lowest BCUT2D eigenvalue weighted by molar-refractivity contribution is 0.102. The fourth-order valence-electron chi connectivity index (χ4n) is 1.22. The van der Waals surface area contributed by atoms with Crippen molar-refractivity contribution in [2.45, 2.75) is 17.6 Å². The summed E-state index contributed by atoms with van der Waals surface area (Å²) < 4.78 is 1.08. The Morgan fingerprint density at radius 1 is 1.41 bits per heavy atom. The standard InChI is InChI=1S/C12H10BrNOS2/c1-8(15)11-6-14-12(17-11)7-16-10-4-2-9(13)3-5-10/h2-6H,7H2,1H3. The Hall–Kier alpha value is -0.650. The van der Waals surface area contributed by atoms with E-state index in [1.54, 1.807) is 24.9 Å². The molecule has 0 saturated heterocycles. The van der Waals surface area contributed by atoms with Crippen LogP contribution in [0.4, 0.5) is 0 Å². The number of Topliss-reactive ketones (excluding diaryl/α,β-unsaturated/α-hetero) is 1. The second-order valence-electron chi connectivity index (χ2n) is 3.42. The Morgan fingerprint density at radius 2 is 2.12 bits per heavy atom. The summed E-state index contributed by atoms with van der Waals surface area (Å²) in [5.41, 5.74) is 0. The Morgan fingerprint density at radius 3 is 2.71 bits per heavy atom. The number of carbonyl (C=O) groups excluding carboxylic acids is 1. The molecule has 2 nitrogen and oxygen atoms in total. The maximum absolute atomic E-state index is 11.1. The van der Waals surface area contributed by atoms with Crippen LogP contribution in [-0.4, -0.2) is 10.8 Å². The number of carbonyl (C=O) groups is 1. The first kappa shape index (κ1) is 12.8.